The number of ether oxygens (including phenoxy) is 1. The minimum Gasteiger partial charge on any atom is -0.469 e. The zero-order valence-electron chi connectivity index (χ0n) is 15.7. The Hall–Kier alpha value is -2.67. The van der Waals surface area contributed by atoms with Crippen LogP contribution in [0.15, 0.2) is 35.0 Å². The van der Waals surface area contributed by atoms with E-state index in [2.05, 4.69) is 4.98 Å². The number of nitrogens with one attached hydrogen (secondary N) is 1. The molecule has 3 heterocycles. The van der Waals surface area contributed by atoms with Crippen molar-refractivity contribution in [3.05, 3.63) is 57.7 Å². The predicted molar refractivity (Wildman–Crippen MR) is 106 cm³/mol. The highest BCUT2D eigenvalue weighted by atomic mass is 32.1. The molecule has 7 heteroatoms. The predicted octanol–water partition coefficient (Wildman–Crippen LogP) is 3.63. The van der Waals surface area contributed by atoms with Crippen LogP contribution in [0.25, 0.3) is 10.9 Å². The van der Waals surface area contributed by atoms with Gasteiger partial charge in [-0.25, -0.2) is 4.39 Å². The van der Waals surface area contributed by atoms with Crippen molar-refractivity contribution in [3.63, 3.8) is 0 Å². The lowest BCUT2D eigenvalue weighted by Crippen LogP contribution is -2.31. The minimum atomic E-state index is -0.370. The van der Waals surface area contributed by atoms with Crippen molar-refractivity contribution in [1.82, 2.24) is 9.88 Å². The van der Waals surface area contributed by atoms with Crippen LogP contribution < -0.4 is 0 Å². The van der Waals surface area contributed by atoms with E-state index in [0.29, 0.717) is 13.1 Å². The Morgan fingerprint density at radius 1 is 1.32 bits per heavy atom. The Kier molecular flexibility index (Phi) is 4.93. The van der Waals surface area contributed by atoms with Gasteiger partial charge in [-0.3, -0.25) is 9.59 Å². The van der Waals surface area contributed by atoms with Gasteiger partial charge in [-0.15, -0.1) is 0 Å². The zero-order chi connectivity index (χ0) is 19.8. The zero-order valence-corrected chi connectivity index (χ0v) is 16.5. The SMILES string of the molecule is COC(=O)C1CN(C(=O)Cc2c(C)[nH]c3ccc(F)cc23)CC1c1ccsc1. The normalized spacial score (nSPS) is 19.3. The quantitative estimate of drug-likeness (QED) is 0.680. The summed E-state index contributed by atoms with van der Waals surface area (Å²) in [7, 11) is 1.38. The number of halogens is 1. The molecule has 5 nitrogen and oxygen atoms in total. The number of rotatable bonds is 4. The first-order valence-corrected chi connectivity index (χ1v) is 10.1. The highest BCUT2D eigenvalue weighted by Gasteiger charge is 2.41. The second kappa shape index (κ2) is 7.39. The van der Waals surface area contributed by atoms with Crippen LogP contribution in [-0.4, -0.2) is 42.0 Å². The summed E-state index contributed by atoms with van der Waals surface area (Å²) in [6.45, 7) is 2.70. The molecule has 0 radical (unpaired) electrons. The van der Waals surface area contributed by atoms with Gasteiger partial charge in [-0.05, 0) is 53.1 Å². The second-order valence-corrected chi connectivity index (χ2v) is 7.97. The van der Waals surface area contributed by atoms with Crippen molar-refractivity contribution < 1.29 is 18.7 Å². The van der Waals surface area contributed by atoms with Gasteiger partial charge in [-0.1, -0.05) is 0 Å². The summed E-state index contributed by atoms with van der Waals surface area (Å²) in [6, 6.07) is 6.53. The van der Waals surface area contributed by atoms with Gasteiger partial charge in [0.05, 0.1) is 19.4 Å². The molecule has 146 valence electrons. The van der Waals surface area contributed by atoms with Crippen molar-refractivity contribution in [2.75, 3.05) is 20.2 Å². The number of H-pyrrole nitrogens is 1. The molecule has 2 atom stereocenters. The van der Waals surface area contributed by atoms with Gasteiger partial charge in [0.15, 0.2) is 0 Å². The number of thiophene rings is 1. The lowest BCUT2D eigenvalue weighted by molar-refractivity contribution is -0.145. The van der Waals surface area contributed by atoms with E-state index >= 15 is 0 Å². The van der Waals surface area contributed by atoms with Crippen LogP contribution in [0.1, 0.15) is 22.7 Å². The molecule has 1 aromatic carbocycles. The Balaban J connectivity index is 1.58. The van der Waals surface area contributed by atoms with Crippen molar-refractivity contribution in [2.24, 2.45) is 5.92 Å². The van der Waals surface area contributed by atoms with E-state index in [1.165, 1.54) is 19.2 Å². The number of esters is 1. The smallest absolute Gasteiger partial charge is 0.311 e. The summed E-state index contributed by atoms with van der Waals surface area (Å²) in [5.41, 5.74) is 3.52. The molecule has 0 spiro atoms. The first-order chi connectivity index (χ1) is 13.5. The number of amides is 1. The fourth-order valence-corrected chi connectivity index (χ4v) is 4.79. The van der Waals surface area contributed by atoms with Crippen molar-refractivity contribution in [2.45, 2.75) is 19.3 Å². The molecule has 0 aliphatic carbocycles. The number of methoxy groups -OCH3 is 1. The standard InChI is InChI=1S/C21H21FN2O3S/c1-12-15(16-7-14(22)3-4-19(16)23-12)8-20(25)24-9-17(13-5-6-28-11-13)18(10-24)21(26)27-2/h3-7,11,17-18,23H,8-10H2,1-2H3. The number of carbonyl (C=O) groups is 2. The van der Waals surface area contributed by atoms with Crippen LogP contribution in [0, 0.1) is 18.7 Å². The van der Waals surface area contributed by atoms with E-state index in [0.717, 1.165) is 27.7 Å². The number of aryl methyl sites for hydroxylation is 1. The first-order valence-electron chi connectivity index (χ1n) is 9.12. The summed E-state index contributed by atoms with van der Waals surface area (Å²) >= 11 is 1.57. The van der Waals surface area contributed by atoms with Gasteiger partial charge >= 0.3 is 5.97 Å². The maximum Gasteiger partial charge on any atom is 0.311 e. The molecular weight excluding hydrogens is 379 g/mol. The Morgan fingerprint density at radius 2 is 2.14 bits per heavy atom. The lowest BCUT2D eigenvalue weighted by Gasteiger charge is -2.16. The number of hydrogen-bond acceptors (Lipinski definition) is 4. The van der Waals surface area contributed by atoms with Crippen LogP contribution in [0.5, 0.6) is 0 Å². The molecule has 0 saturated carbocycles. The fraction of sp³-hybridized carbons (Fsp3) is 0.333. The molecule has 1 saturated heterocycles. The number of fused-ring (bicyclic) bond motifs is 1. The van der Waals surface area contributed by atoms with Gasteiger partial charge in [-0.2, -0.15) is 11.3 Å². The van der Waals surface area contributed by atoms with Crippen molar-refractivity contribution in [3.8, 4) is 0 Å². The summed E-state index contributed by atoms with van der Waals surface area (Å²) in [5.74, 6) is -1.13. The Morgan fingerprint density at radius 3 is 2.86 bits per heavy atom. The molecule has 28 heavy (non-hydrogen) atoms. The third kappa shape index (κ3) is 3.30. The Bertz CT molecular complexity index is 1030. The molecule has 1 N–H and O–H groups in total. The highest BCUT2D eigenvalue weighted by Crippen LogP contribution is 2.35. The average molecular weight is 400 g/mol. The van der Waals surface area contributed by atoms with E-state index in [1.807, 2.05) is 23.8 Å². The lowest BCUT2D eigenvalue weighted by atomic mass is 9.91. The van der Waals surface area contributed by atoms with E-state index in [1.54, 1.807) is 22.3 Å². The van der Waals surface area contributed by atoms with Crippen LogP contribution in [0.2, 0.25) is 0 Å². The third-order valence-electron chi connectivity index (χ3n) is 5.56. The molecule has 3 aromatic rings. The number of aromatic nitrogens is 1. The summed E-state index contributed by atoms with van der Waals surface area (Å²) in [4.78, 5) is 30.2. The van der Waals surface area contributed by atoms with Crippen LogP contribution in [0.3, 0.4) is 0 Å². The monoisotopic (exact) mass is 400 g/mol. The van der Waals surface area contributed by atoms with Gasteiger partial charge in [0.2, 0.25) is 5.91 Å². The van der Waals surface area contributed by atoms with E-state index < -0.39 is 0 Å². The van der Waals surface area contributed by atoms with Crippen LogP contribution >= 0.6 is 11.3 Å². The van der Waals surface area contributed by atoms with E-state index in [4.69, 9.17) is 4.74 Å². The van der Waals surface area contributed by atoms with Crippen molar-refractivity contribution in [1.29, 1.82) is 0 Å². The summed E-state index contributed by atoms with van der Waals surface area (Å²) < 4.78 is 18.7. The molecule has 2 aromatic heterocycles. The molecule has 1 fully saturated rings. The van der Waals surface area contributed by atoms with Crippen LogP contribution in [-0.2, 0) is 20.7 Å². The van der Waals surface area contributed by atoms with Crippen molar-refractivity contribution >= 4 is 34.1 Å². The van der Waals surface area contributed by atoms with Gasteiger partial charge in [0, 0.05) is 35.6 Å². The van der Waals surface area contributed by atoms with Gasteiger partial charge < -0.3 is 14.6 Å². The first kappa shape index (κ1) is 18.7. The number of aromatic amines is 1. The van der Waals surface area contributed by atoms with E-state index in [9.17, 15) is 14.0 Å². The number of benzene rings is 1. The van der Waals surface area contributed by atoms with E-state index in [-0.39, 0.29) is 36.0 Å². The highest BCUT2D eigenvalue weighted by molar-refractivity contribution is 7.08. The molecule has 4 rings (SSSR count). The molecule has 0 bridgehead atoms. The average Bonchev–Trinajstić information content (AvgIpc) is 3.40. The van der Waals surface area contributed by atoms with Gasteiger partial charge in [0.25, 0.3) is 0 Å². The number of carbonyl (C=O) groups excluding carboxylic acids is 2. The Labute approximate surface area is 166 Å². The fourth-order valence-electron chi connectivity index (χ4n) is 4.07. The van der Waals surface area contributed by atoms with Gasteiger partial charge in [0.1, 0.15) is 5.82 Å². The third-order valence-corrected chi connectivity index (χ3v) is 6.26. The number of nitrogens with zero attached hydrogens (tertiary/aromatic N) is 1. The number of hydrogen-bond donors (Lipinski definition) is 1. The topological polar surface area (TPSA) is 62.4 Å². The summed E-state index contributed by atoms with van der Waals surface area (Å²) in [5, 5.41) is 4.71. The maximum atomic E-state index is 13.7. The minimum absolute atomic E-state index is 0.0656. The summed E-state index contributed by atoms with van der Waals surface area (Å²) in [6.07, 6.45) is 0.166. The molecule has 1 aliphatic rings. The molecule has 2 unspecified atom stereocenters. The molecule has 1 aliphatic heterocycles. The van der Waals surface area contributed by atoms with Crippen LogP contribution in [0.4, 0.5) is 4.39 Å². The second-order valence-electron chi connectivity index (χ2n) is 7.19. The maximum absolute atomic E-state index is 13.7. The largest absolute Gasteiger partial charge is 0.469 e. The molecular formula is C21H21FN2O3S. The number of likely N-dealkylation sites (tertiary alicyclic amines) is 1. The molecule has 1 amide bonds.